The Labute approximate surface area is 285 Å². The van der Waals surface area contributed by atoms with Crippen molar-refractivity contribution < 1.29 is 9.59 Å². The third-order valence-corrected chi connectivity index (χ3v) is 11.9. The van der Waals surface area contributed by atoms with E-state index in [1.165, 1.54) is 0 Å². The second kappa shape index (κ2) is 23.9. The number of nitrogens with two attached hydrogens (primary N) is 8. The molecule has 0 bridgehead atoms. The fourth-order valence-corrected chi connectivity index (χ4v) is 10.3. The lowest BCUT2D eigenvalue weighted by atomic mass is 9.80. The van der Waals surface area contributed by atoms with Gasteiger partial charge < -0.3 is 56.5 Å². The van der Waals surface area contributed by atoms with Crippen LogP contribution < -0.4 is 56.5 Å². The molecule has 12 nitrogen and oxygen atoms in total. The molecule has 2 fully saturated rings. The summed E-state index contributed by atoms with van der Waals surface area (Å²) in [5, 5.41) is 6.25. The van der Waals surface area contributed by atoms with Gasteiger partial charge in [0.15, 0.2) is 0 Å². The van der Waals surface area contributed by atoms with Crippen LogP contribution in [0.5, 0.6) is 0 Å². The Hall–Kier alpha value is -1.38. The zero-order chi connectivity index (χ0) is 34.6. The van der Waals surface area contributed by atoms with E-state index in [0.29, 0.717) is 144 Å². The summed E-state index contributed by atoms with van der Waals surface area (Å²) in [7, 11) is 0. The summed E-state index contributed by atoms with van der Waals surface area (Å²) in [6.07, 6.45) is 10.8. The zero-order valence-electron chi connectivity index (χ0n) is 29.5. The fourth-order valence-electron chi connectivity index (χ4n) is 10.3. The molecular formula is C35H74N10O2. The van der Waals surface area contributed by atoms with Crippen LogP contribution in [0.4, 0.5) is 0 Å². The highest BCUT2D eigenvalue weighted by atomic mass is 16.2. The lowest BCUT2D eigenvalue weighted by Crippen LogP contribution is -2.31. The van der Waals surface area contributed by atoms with Gasteiger partial charge in [0.25, 0.3) is 0 Å². The number of rotatable bonds is 26. The van der Waals surface area contributed by atoms with Crippen molar-refractivity contribution in [2.45, 2.75) is 83.5 Å². The molecule has 2 saturated carbocycles. The van der Waals surface area contributed by atoms with E-state index in [2.05, 4.69) is 10.6 Å². The molecule has 0 aliphatic heterocycles. The van der Waals surface area contributed by atoms with Gasteiger partial charge in [-0.15, -0.1) is 0 Å². The molecule has 276 valence electrons. The molecule has 0 spiro atoms. The molecule has 2 aliphatic rings. The third kappa shape index (κ3) is 12.5. The van der Waals surface area contributed by atoms with Crippen LogP contribution in [-0.2, 0) is 9.59 Å². The van der Waals surface area contributed by atoms with Gasteiger partial charge in [0.05, 0.1) is 0 Å². The minimum absolute atomic E-state index is 0.00402. The fraction of sp³-hybridized carbons (Fsp3) is 0.943. The number of nitrogens with one attached hydrogen (secondary N) is 2. The Morgan fingerprint density at radius 1 is 0.340 bits per heavy atom. The van der Waals surface area contributed by atoms with Gasteiger partial charge in [0, 0.05) is 25.9 Å². The van der Waals surface area contributed by atoms with Crippen molar-refractivity contribution in [3.05, 3.63) is 0 Å². The maximum absolute atomic E-state index is 12.7. The van der Waals surface area contributed by atoms with Gasteiger partial charge in [-0.3, -0.25) is 9.59 Å². The summed E-state index contributed by atoms with van der Waals surface area (Å²) in [5.41, 5.74) is 48.3. The molecule has 8 atom stereocenters. The smallest absolute Gasteiger partial charge is 0.220 e. The second-order valence-electron chi connectivity index (χ2n) is 14.4. The van der Waals surface area contributed by atoms with Crippen molar-refractivity contribution in [3.63, 3.8) is 0 Å². The van der Waals surface area contributed by atoms with Crippen LogP contribution in [0.2, 0.25) is 0 Å². The largest absolute Gasteiger partial charge is 0.356 e. The molecule has 0 aromatic carbocycles. The predicted molar refractivity (Wildman–Crippen MR) is 193 cm³/mol. The lowest BCUT2D eigenvalue weighted by Gasteiger charge is -2.27. The standard InChI is InChI=1S/C35H74N10O2/c36-14-4-24-25(5-15-37)29(9-19-41)32(28(24)8-18-40)12-22-44-34(46)2-1-3-35(47)45-23-13-33-30(10-20-42)26(6-16-38)27(7-17-39)31(33)11-21-43/h24-33H,1-23,36-43H2,(H,44,46)(H,45,47). The van der Waals surface area contributed by atoms with E-state index in [9.17, 15) is 9.59 Å². The van der Waals surface area contributed by atoms with Crippen LogP contribution in [0.3, 0.4) is 0 Å². The number of carbonyl (C=O) groups is 2. The van der Waals surface area contributed by atoms with Gasteiger partial charge in [0.1, 0.15) is 0 Å². The SMILES string of the molecule is NCCC1C(CCN)C(CCN)C(CCNC(=O)CCCC(=O)NCCC2C(CCN)C(CCN)C(CCN)C2CCN)C1CCN. The molecule has 47 heavy (non-hydrogen) atoms. The summed E-state index contributed by atoms with van der Waals surface area (Å²) < 4.78 is 0. The Kier molecular flexibility index (Phi) is 21.2. The average Bonchev–Trinajstić information content (AvgIpc) is 3.45. The van der Waals surface area contributed by atoms with Gasteiger partial charge >= 0.3 is 0 Å². The summed E-state index contributed by atoms with van der Waals surface area (Å²) >= 11 is 0. The highest BCUT2D eigenvalue weighted by molar-refractivity contribution is 5.78. The quantitative estimate of drug-likeness (QED) is 0.0597. The van der Waals surface area contributed by atoms with Crippen molar-refractivity contribution in [2.24, 2.45) is 105 Å². The van der Waals surface area contributed by atoms with Crippen molar-refractivity contribution in [1.82, 2.24) is 10.6 Å². The van der Waals surface area contributed by atoms with Crippen LogP contribution in [-0.4, -0.2) is 77.3 Å². The molecule has 2 aliphatic carbocycles. The molecule has 18 N–H and O–H groups in total. The van der Waals surface area contributed by atoms with Gasteiger partial charge in [-0.2, -0.15) is 0 Å². The van der Waals surface area contributed by atoms with Crippen molar-refractivity contribution in [2.75, 3.05) is 65.4 Å². The average molecular weight is 667 g/mol. The normalized spacial score (nSPS) is 30.6. The van der Waals surface area contributed by atoms with Gasteiger partial charge in [0.2, 0.25) is 11.8 Å². The molecule has 0 saturated heterocycles. The van der Waals surface area contributed by atoms with Crippen molar-refractivity contribution in [1.29, 1.82) is 0 Å². The van der Waals surface area contributed by atoms with Crippen LogP contribution in [0, 0.1) is 59.2 Å². The number of hydrogen-bond donors (Lipinski definition) is 10. The first-order valence-corrected chi connectivity index (χ1v) is 19.0. The molecule has 0 aromatic rings. The zero-order valence-corrected chi connectivity index (χ0v) is 29.5. The van der Waals surface area contributed by atoms with Crippen molar-refractivity contribution in [3.8, 4) is 0 Å². The molecule has 0 aromatic heterocycles. The van der Waals surface area contributed by atoms with E-state index in [1.807, 2.05) is 0 Å². The Balaban J connectivity index is 1.83. The van der Waals surface area contributed by atoms with Gasteiger partial charge in [-0.25, -0.2) is 0 Å². The van der Waals surface area contributed by atoms with E-state index >= 15 is 0 Å². The Morgan fingerprint density at radius 3 is 0.723 bits per heavy atom. The summed E-state index contributed by atoms with van der Waals surface area (Å²) in [6.45, 7) is 6.47. The van der Waals surface area contributed by atoms with Gasteiger partial charge in [-0.1, -0.05) is 0 Å². The van der Waals surface area contributed by atoms with E-state index in [4.69, 9.17) is 45.9 Å². The number of carbonyl (C=O) groups excluding carboxylic acids is 2. The van der Waals surface area contributed by atoms with Crippen molar-refractivity contribution >= 4 is 11.8 Å². The first kappa shape index (κ1) is 41.8. The summed E-state index contributed by atoms with van der Waals surface area (Å²) in [5.74, 6) is 4.86. The first-order valence-electron chi connectivity index (χ1n) is 19.0. The molecule has 8 unspecified atom stereocenters. The molecule has 2 rings (SSSR count). The maximum Gasteiger partial charge on any atom is 0.220 e. The topological polar surface area (TPSA) is 266 Å². The number of hydrogen-bond acceptors (Lipinski definition) is 10. The minimum Gasteiger partial charge on any atom is -0.356 e. The van der Waals surface area contributed by atoms with Crippen LogP contribution in [0.1, 0.15) is 83.5 Å². The van der Waals surface area contributed by atoms with Crippen LogP contribution >= 0.6 is 0 Å². The third-order valence-electron chi connectivity index (χ3n) is 11.9. The van der Waals surface area contributed by atoms with E-state index in [0.717, 1.165) is 64.2 Å². The molecule has 2 amide bonds. The highest BCUT2D eigenvalue weighted by Gasteiger charge is 2.49. The molecule has 0 radical (unpaired) electrons. The number of amides is 2. The molecule has 12 heteroatoms. The Morgan fingerprint density at radius 2 is 0.532 bits per heavy atom. The Bertz CT molecular complexity index is 741. The second-order valence-corrected chi connectivity index (χ2v) is 14.4. The summed E-state index contributed by atoms with van der Waals surface area (Å²) in [4.78, 5) is 25.5. The minimum atomic E-state index is -0.00402. The lowest BCUT2D eigenvalue weighted by molar-refractivity contribution is -0.122. The van der Waals surface area contributed by atoms with Crippen LogP contribution in [0.25, 0.3) is 0 Å². The van der Waals surface area contributed by atoms with Crippen LogP contribution in [0.15, 0.2) is 0 Å². The first-order chi connectivity index (χ1) is 22.9. The summed E-state index contributed by atoms with van der Waals surface area (Å²) in [6, 6.07) is 0. The van der Waals surface area contributed by atoms with Gasteiger partial charge in [-0.05, 0) is 182 Å². The van der Waals surface area contributed by atoms with E-state index in [1.54, 1.807) is 0 Å². The highest BCUT2D eigenvalue weighted by Crippen LogP contribution is 2.53. The van der Waals surface area contributed by atoms with E-state index < -0.39 is 0 Å². The molecule has 0 heterocycles. The molecular weight excluding hydrogens is 592 g/mol. The predicted octanol–water partition coefficient (Wildman–Crippen LogP) is 0.149. The monoisotopic (exact) mass is 667 g/mol. The van der Waals surface area contributed by atoms with E-state index in [-0.39, 0.29) is 11.8 Å². The maximum atomic E-state index is 12.7.